The van der Waals surface area contributed by atoms with E-state index in [4.69, 9.17) is 0 Å². The minimum Gasteiger partial charge on any atom is -0.478 e. The smallest absolute Gasteiger partial charge is 0.478 e. The first-order valence-electron chi connectivity index (χ1n) is 10.4. The number of ether oxygens (including phenoxy) is 2. The van der Waals surface area contributed by atoms with Crippen LogP contribution in [0.15, 0.2) is 54.6 Å². The van der Waals surface area contributed by atoms with E-state index in [1.54, 1.807) is 24.3 Å². The number of rotatable bonds is 5. The Morgan fingerprint density at radius 3 is 2.44 bits per heavy atom. The average Bonchev–Trinajstić information content (AvgIpc) is 3.52. The first kappa shape index (κ1) is 21.8. The molecule has 0 unspecified atom stereocenters. The summed E-state index contributed by atoms with van der Waals surface area (Å²) in [5, 5.41) is 12.1. The van der Waals surface area contributed by atoms with Crippen LogP contribution in [-0.2, 0) is 10.2 Å². The van der Waals surface area contributed by atoms with E-state index in [1.807, 2.05) is 6.92 Å². The molecule has 0 spiro atoms. The standard InChI is InChI=1S/C25H18F3NO5.2H2/c1-13-2-5-16(12-17(13)14-3-6-19(26)18(10-14)22(30)31)29-23(32)24(8-9-24)15-4-7-20-21(11-15)34-25(27,28)33-20;;/h2-7,10-12H,8-9H2,1H3,(H,29,32)(H,30,31);2*1H. The molecule has 9 heteroatoms. The van der Waals surface area contributed by atoms with Gasteiger partial charge in [0, 0.05) is 8.54 Å². The molecule has 0 radical (unpaired) electrons. The minimum absolute atomic E-state index is 0. The molecule has 6 nitrogen and oxygen atoms in total. The molecule has 0 aromatic heterocycles. The van der Waals surface area contributed by atoms with Gasteiger partial charge in [-0.1, -0.05) is 18.2 Å². The highest BCUT2D eigenvalue weighted by Crippen LogP contribution is 2.52. The van der Waals surface area contributed by atoms with Crippen molar-refractivity contribution in [2.75, 3.05) is 5.32 Å². The number of carboxylic acid groups (broad SMARTS) is 1. The van der Waals surface area contributed by atoms with Crippen molar-refractivity contribution in [1.82, 2.24) is 0 Å². The van der Waals surface area contributed by atoms with Crippen LogP contribution in [-0.4, -0.2) is 23.3 Å². The second-order valence-corrected chi connectivity index (χ2v) is 8.39. The monoisotopic (exact) mass is 473 g/mol. The fourth-order valence-corrected chi connectivity index (χ4v) is 4.14. The maximum absolute atomic E-state index is 13.8. The Morgan fingerprint density at radius 2 is 1.74 bits per heavy atom. The van der Waals surface area contributed by atoms with Crippen LogP contribution in [0.1, 0.15) is 37.2 Å². The number of carboxylic acids is 1. The van der Waals surface area contributed by atoms with Gasteiger partial charge in [-0.05, 0) is 78.4 Å². The third-order valence-corrected chi connectivity index (χ3v) is 6.14. The maximum atomic E-state index is 13.8. The normalized spacial score (nSPS) is 16.7. The van der Waals surface area contributed by atoms with Crippen LogP contribution >= 0.6 is 0 Å². The molecule has 1 saturated carbocycles. The number of alkyl halides is 2. The lowest BCUT2D eigenvalue weighted by molar-refractivity contribution is -0.286. The predicted molar refractivity (Wildman–Crippen MR) is 120 cm³/mol. The predicted octanol–water partition coefficient (Wildman–Crippen LogP) is 5.98. The van der Waals surface area contributed by atoms with Crippen molar-refractivity contribution < 1.29 is 40.2 Å². The number of anilines is 1. The molecule has 2 N–H and O–H groups in total. The van der Waals surface area contributed by atoms with Gasteiger partial charge in [0.2, 0.25) is 5.91 Å². The summed E-state index contributed by atoms with van der Waals surface area (Å²) < 4.78 is 49.5. The number of aromatic carboxylic acids is 1. The average molecular weight is 473 g/mol. The number of halogens is 3. The second kappa shape index (κ2) is 7.51. The topological polar surface area (TPSA) is 84.9 Å². The van der Waals surface area contributed by atoms with Crippen LogP contribution in [0.2, 0.25) is 0 Å². The lowest BCUT2D eigenvalue weighted by Crippen LogP contribution is -2.28. The highest BCUT2D eigenvalue weighted by Gasteiger charge is 2.52. The second-order valence-electron chi connectivity index (χ2n) is 8.39. The summed E-state index contributed by atoms with van der Waals surface area (Å²) in [5.41, 5.74) is 1.61. The summed E-state index contributed by atoms with van der Waals surface area (Å²) in [7, 11) is 0. The van der Waals surface area contributed by atoms with E-state index >= 15 is 0 Å². The van der Waals surface area contributed by atoms with E-state index in [2.05, 4.69) is 14.8 Å². The first-order chi connectivity index (χ1) is 16.1. The summed E-state index contributed by atoms with van der Waals surface area (Å²) in [6.45, 7) is 1.81. The van der Waals surface area contributed by atoms with Crippen LogP contribution in [0.4, 0.5) is 18.9 Å². The van der Waals surface area contributed by atoms with Crippen molar-refractivity contribution in [2.24, 2.45) is 0 Å². The Balaban J connectivity index is 0.00000180. The first-order valence-corrected chi connectivity index (χ1v) is 10.4. The van der Waals surface area contributed by atoms with Crippen molar-refractivity contribution in [3.05, 3.63) is 77.1 Å². The van der Waals surface area contributed by atoms with Gasteiger partial charge < -0.3 is 19.9 Å². The van der Waals surface area contributed by atoms with Gasteiger partial charge >= 0.3 is 12.3 Å². The number of amides is 1. The molecular formula is C25H22F3NO5. The number of hydrogen-bond acceptors (Lipinski definition) is 4. The van der Waals surface area contributed by atoms with Gasteiger partial charge in [0.1, 0.15) is 5.82 Å². The fourth-order valence-electron chi connectivity index (χ4n) is 4.14. The number of benzene rings is 3. The number of aryl methyl sites for hydroxylation is 1. The van der Waals surface area contributed by atoms with Crippen molar-refractivity contribution >= 4 is 17.6 Å². The van der Waals surface area contributed by atoms with E-state index < -0.39 is 29.1 Å². The molecule has 5 rings (SSSR count). The van der Waals surface area contributed by atoms with Gasteiger partial charge in [0.15, 0.2) is 11.5 Å². The Hall–Kier alpha value is -4.01. The molecule has 3 aromatic rings. The lowest BCUT2D eigenvalue weighted by atomic mass is 9.94. The van der Waals surface area contributed by atoms with Crippen LogP contribution in [0.25, 0.3) is 11.1 Å². The van der Waals surface area contributed by atoms with E-state index in [1.165, 1.54) is 24.3 Å². The Kier molecular flexibility index (Phi) is 4.82. The van der Waals surface area contributed by atoms with E-state index in [-0.39, 0.29) is 20.3 Å². The van der Waals surface area contributed by atoms with Crippen molar-refractivity contribution in [3.8, 4) is 22.6 Å². The Labute approximate surface area is 194 Å². The molecule has 1 aliphatic carbocycles. The molecule has 1 amide bonds. The molecular weight excluding hydrogens is 451 g/mol. The molecule has 1 aliphatic heterocycles. The summed E-state index contributed by atoms with van der Waals surface area (Å²) in [6.07, 6.45) is -2.67. The molecule has 2 aliphatic rings. The van der Waals surface area contributed by atoms with Crippen LogP contribution in [0.3, 0.4) is 0 Å². The summed E-state index contributed by atoms with van der Waals surface area (Å²) in [5.74, 6) is -2.73. The Morgan fingerprint density at radius 1 is 1.00 bits per heavy atom. The number of carbonyl (C=O) groups is 2. The largest absolute Gasteiger partial charge is 0.586 e. The van der Waals surface area contributed by atoms with Crippen molar-refractivity contribution in [1.29, 1.82) is 0 Å². The fraction of sp³-hybridized carbons (Fsp3) is 0.200. The van der Waals surface area contributed by atoms with Gasteiger partial charge in [-0.25, -0.2) is 9.18 Å². The van der Waals surface area contributed by atoms with Gasteiger partial charge in [0.25, 0.3) is 0 Å². The highest BCUT2D eigenvalue weighted by atomic mass is 19.3. The van der Waals surface area contributed by atoms with Crippen LogP contribution < -0.4 is 14.8 Å². The summed E-state index contributed by atoms with van der Waals surface area (Å²) >= 11 is 0. The molecule has 0 bridgehead atoms. The molecule has 34 heavy (non-hydrogen) atoms. The van der Waals surface area contributed by atoms with Gasteiger partial charge in [-0.15, -0.1) is 8.78 Å². The molecule has 0 atom stereocenters. The van der Waals surface area contributed by atoms with E-state index in [0.717, 1.165) is 11.6 Å². The third kappa shape index (κ3) is 3.72. The lowest BCUT2D eigenvalue weighted by Gasteiger charge is -2.17. The zero-order chi connectivity index (χ0) is 24.3. The van der Waals surface area contributed by atoms with E-state index in [9.17, 15) is 27.9 Å². The molecule has 1 fully saturated rings. The SMILES string of the molecule is Cc1ccc(NC(=O)C2(c3ccc4c(c3)OC(F)(F)O4)CC2)cc1-c1ccc(F)c(C(=O)O)c1.[HH].[HH]. The number of nitrogens with one attached hydrogen (secondary N) is 1. The molecule has 1 heterocycles. The third-order valence-electron chi connectivity index (χ3n) is 6.14. The maximum Gasteiger partial charge on any atom is 0.586 e. The quantitative estimate of drug-likeness (QED) is 0.476. The summed E-state index contributed by atoms with van der Waals surface area (Å²) in [6, 6.07) is 13.3. The number of fused-ring (bicyclic) bond motifs is 1. The van der Waals surface area contributed by atoms with Crippen molar-refractivity contribution in [2.45, 2.75) is 31.5 Å². The van der Waals surface area contributed by atoms with Gasteiger partial charge in [-0.3, -0.25) is 4.79 Å². The van der Waals surface area contributed by atoms with Gasteiger partial charge in [-0.2, -0.15) is 0 Å². The van der Waals surface area contributed by atoms with Crippen LogP contribution in [0, 0.1) is 12.7 Å². The summed E-state index contributed by atoms with van der Waals surface area (Å²) in [4.78, 5) is 24.5. The minimum atomic E-state index is -3.74. The van der Waals surface area contributed by atoms with Crippen molar-refractivity contribution in [3.63, 3.8) is 0 Å². The number of hydrogen-bond donors (Lipinski definition) is 2. The number of carbonyl (C=O) groups excluding carboxylic acids is 1. The van der Waals surface area contributed by atoms with Gasteiger partial charge in [0.05, 0.1) is 11.0 Å². The molecule has 0 saturated heterocycles. The molecule has 178 valence electrons. The highest BCUT2D eigenvalue weighted by molar-refractivity contribution is 6.02. The van der Waals surface area contributed by atoms with Crippen LogP contribution in [0.5, 0.6) is 11.5 Å². The molecule has 3 aromatic carbocycles. The Bertz CT molecular complexity index is 1360. The van der Waals surface area contributed by atoms with E-state index in [0.29, 0.717) is 35.2 Å². The zero-order valence-corrected chi connectivity index (χ0v) is 17.8. The zero-order valence-electron chi connectivity index (χ0n) is 17.8.